The van der Waals surface area contributed by atoms with Crippen molar-refractivity contribution in [2.75, 3.05) is 38.2 Å². The highest BCUT2D eigenvalue weighted by Crippen LogP contribution is 2.24. The lowest BCUT2D eigenvalue weighted by Crippen LogP contribution is -2.49. The van der Waals surface area contributed by atoms with Gasteiger partial charge in [-0.25, -0.2) is 9.69 Å². The first-order valence-electron chi connectivity index (χ1n) is 10.4. The van der Waals surface area contributed by atoms with Gasteiger partial charge in [0.05, 0.1) is 19.2 Å². The van der Waals surface area contributed by atoms with Crippen LogP contribution in [0.25, 0.3) is 0 Å². The number of ether oxygens (including phenoxy) is 1. The predicted molar refractivity (Wildman–Crippen MR) is 116 cm³/mol. The smallest absolute Gasteiger partial charge is 0.329 e. The van der Waals surface area contributed by atoms with Gasteiger partial charge in [0.2, 0.25) is 5.91 Å². The number of nitrogens with zero attached hydrogens (tertiary/aromatic N) is 3. The van der Waals surface area contributed by atoms with Crippen molar-refractivity contribution in [2.24, 2.45) is 0 Å². The number of piperazine rings is 1. The number of amides is 4. The fourth-order valence-electron chi connectivity index (χ4n) is 3.95. The summed E-state index contributed by atoms with van der Waals surface area (Å²) in [6, 6.07) is 15.5. The Morgan fingerprint density at radius 3 is 2.32 bits per heavy atom. The zero-order chi connectivity index (χ0) is 21.8. The standard InChI is InChI=1S/C23H26N4O4/c1-31-19-9-7-18(8-10-19)27-22(29)20(24-23(27)30)15-21(28)26-13-11-25(12-14-26)16-17-5-3-2-4-6-17/h2-10,20H,11-16H2,1H3,(H,24,30)/t20-/m0/s1. The number of methoxy groups -OCH3 is 1. The number of hydrogen-bond donors (Lipinski definition) is 1. The molecule has 31 heavy (non-hydrogen) atoms. The number of nitrogens with one attached hydrogen (secondary N) is 1. The molecule has 0 bridgehead atoms. The van der Waals surface area contributed by atoms with Gasteiger partial charge >= 0.3 is 6.03 Å². The molecular weight excluding hydrogens is 396 g/mol. The third-order valence-corrected chi connectivity index (χ3v) is 5.70. The van der Waals surface area contributed by atoms with E-state index in [4.69, 9.17) is 4.74 Å². The molecule has 2 aliphatic rings. The van der Waals surface area contributed by atoms with Crippen molar-refractivity contribution in [3.05, 3.63) is 60.2 Å². The monoisotopic (exact) mass is 422 g/mol. The van der Waals surface area contributed by atoms with E-state index in [-0.39, 0.29) is 12.3 Å². The zero-order valence-corrected chi connectivity index (χ0v) is 17.5. The second-order valence-electron chi connectivity index (χ2n) is 7.72. The van der Waals surface area contributed by atoms with Gasteiger partial charge in [0, 0.05) is 32.7 Å². The van der Waals surface area contributed by atoms with E-state index in [1.165, 1.54) is 5.56 Å². The molecule has 4 rings (SSSR count). The van der Waals surface area contributed by atoms with Crippen LogP contribution in [0.1, 0.15) is 12.0 Å². The van der Waals surface area contributed by atoms with Gasteiger partial charge < -0.3 is 15.0 Å². The summed E-state index contributed by atoms with van der Waals surface area (Å²) in [7, 11) is 1.55. The number of rotatable bonds is 6. The quantitative estimate of drug-likeness (QED) is 0.719. The molecule has 8 nitrogen and oxygen atoms in total. The van der Waals surface area contributed by atoms with Crippen molar-refractivity contribution in [1.29, 1.82) is 0 Å². The maximum Gasteiger partial charge on any atom is 0.329 e. The molecule has 0 spiro atoms. The minimum Gasteiger partial charge on any atom is -0.497 e. The Balaban J connectivity index is 1.30. The van der Waals surface area contributed by atoms with Crippen LogP contribution in [0.5, 0.6) is 5.75 Å². The Kier molecular flexibility index (Phi) is 6.18. The summed E-state index contributed by atoms with van der Waals surface area (Å²) in [6.07, 6.45) is -0.0318. The summed E-state index contributed by atoms with van der Waals surface area (Å²) in [5, 5.41) is 2.64. The number of benzene rings is 2. The number of carbonyl (C=O) groups excluding carboxylic acids is 3. The Labute approximate surface area is 181 Å². The Morgan fingerprint density at radius 2 is 1.68 bits per heavy atom. The lowest BCUT2D eigenvalue weighted by atomic mass is 10.1. The van der Waals surface area contributed by atoms with Gasteiger partial charge in [0.25, 0.3) is 5.91 Å². The van der Waals surface area contributed by atoms with Gasteiger partial charge in [0.15, 0.2) is 0 Å². The lowest BCUT2D eigenvalue weighted by Gasteiger charge is -2.35. The number of imide groups is 1. The first kappa shape index (κ1) is 20.9. The third-order valence-electron chi connectivity index (χ3n) is 5.70. The second-order valence-corrected chi connectivity index (χ2v) is 7.72. The van der Waals surface area contributed by atoms with Crippen molar-refractivity contribution >= 4 is 23.5 Å². The van der Waals surface area contributed by atoms with Crippen molar-refractivity contribution in [3.8, 4) is 5.75 Å². The average molecular weight is 422 g/mol. The van der Waals surface area contributed by atoms with Crippen LogP contribution in [0.15, 0.2) is 54.6 Å². The van der Waals surface area contributed by atoms with Crippen LogP contribution in [0, 0.1) is 0 Å². The van der Waals surface area contributed by atoms with E-state index in [0.717, 1.165) is 24.5 Å². The highest BCUT2D eigenvalue weighted by molar-refractivity contribution is 6.22. The van der Waals surface area contributed by atoms with Gasteiger partial charge in [-0.15, -0.1) is 0 Å². The lowest BCUT2D eigenvalue weighted by molar-refractivity contribution is -0.135. The Hall–Kier alpha value is -3.39. The third kappa shape index (κ3) is 4.69. The van der Waals surface area contributed by atoms with Crippen LogP contribution in [0.2, 0.25) is 0 Å². The van der Waals surface area contributed by atoms with Crippen molar-refractivity contribution in [1.82, 2.24) is 15.1 Å². The molecule has 2 aliphatic heterocycles. The minimum absolute atomic E-state index is 0.0318. The van der Waals surface area contributed by atoms with Crippen LogP contribution < -0.4 is 15.0 Å². The van der Waals surface area contributed by atoms with Crippen molar-refractivity contribution < 1.29 is 19.1 Å². The Bertz CT molecular complexity index is 940. The highest BCUT2D eigenvalue weighted by atomic mass is 16.5. The summed E-state index contributed by atoms with van der Waals surface area (Å²) in [5.74, 6) is 0.106. The van der Waals surface area contributed by atoms with Gasteiger partial charge in [-0.1, -0.05) is 30.3 Å². The molecule has 1 atom stereocenters. The Morgan fingerprint density at radius 1 is 1.00 bits per heavy atom. The normalized spacial score (nSPS) is 19.5. The van der Waals surface area contributed by atoms with Gasteiger partial charge in [0.1, 0.15) is 11.8 Å². The molecule has 0 aromatic heterocycles. The van der Waals surface area contributed by atoms with E-state index < -0.39 is 18.0 Å². The fraction of sp³-hybridized carbons (Fsp3) is 0.348. The van der Waals surface area contributed by atoms with Crippen molar-refractivity contribution in [3.63, 3.8) is 0 Å². The SMILES string of the molecule is COc1ccc(N2C(=O)N[C@@H](CC(=O)N3CCN(Cc4ccccc4)CC3)C2=O)cc1. The summed E-state index contributed by atoms with van der Waals surface area (Å²) >= 11 is 0. The van der Waals surface area contributed by atoms with E-state index >= 15 is 0 Å². The first-order chi connectivity index (χ1) is 15.0. The van der Waals surface area contributed by atoms with Gasteiger partial charge in [-0.2, -0.15) is 0 Å². The molecule has 0 unspecified atom stereocenters. The molecular formula is C23H26N4O4. The molecule has 0 saturated carbocycles. The van der Waals surface area contributed by atoms with E-state index in [2.05, 4.69) is 22.3 Å². The van der Waals surface area contributed by atoms with Gasteiger partial charge in [-0.05, 0) is 29.8 Å². The molecule has 0 radical (unpaired) electrons. The summed E-state index contributed by atoms with van der Waals surface area (Å²) in [5.41, 5.74) is 1.70. The molecule has 2 aromatic carbocycles. The summed E-state index contributed by atoms with van der Waals surface area (Å²) in [6.45, 7) is 3.65. The topological polar surface area (TPSA) is 82.2 Å². The van der Waals surface area contributed by atoms with Crippen LogP contribution >= 0.6 is 0 Å². The molecule has 2 fully saturated rings. The maximum atomic E-state index is 12.8. The molecule has 1 N–H and O–H groups in total. The second kappa shape index (κ2) is 9.18. The average Bonchev–Trinajstić information content (AvgIpc) is 3.07. The molecule has 4 amide bonds. The van der Waals surface area contributed by atoms with Crippen molar-refractivity contribution in [2.45, 2.75) is 19.0 Å². The molecule has 2 saturated heterocycles. The largest absolute Gasteiger partial charge is 0.497 e. The van der Waals surface area contributed by atoms with Crippen LogP contribution in [-0.2, 0) is 16.1 Å². The van der Waals surface area contributed by atoms with Crippen LogP contribution in [0.3, 0.4) is 0 Å². The number of anilines is 1. The predicted octanol–water partition coefficient (Wildman–Crippen LogP) is 1.85. The highest BCUT2D eigenvalue weighted by Gasteiger charge is 2.40. The van der Waals surface area contributed by atoms with Crippen LogP contribution in [0.4, 0.5) is 10.5 Å². The minimum atomic E-state index is -0.843. The molecule has 2 heterocycles. The van der Waals surface area contributed by atoms with E-state index in [1.54, 1.807) is 36.3 Å². The number of carbonyl (C=O) groups is 3. The molecule has 2 aromatic rings. The van der Waals surface area contributed by atoms with Crippen LogP contribution in [-0.4, -0.2) is 67.0 Å². The number of urea groups is 1. The number of hydrogen-bond acceptors (Lipinski definition) is 5. The summed E-state index contributed by atoms with van der Waals surface area (Å²) in [4.78, 5) is 43.1. The van der Waals surface area contributed by atoms with E-state index in [1.807, 2.05) is 18.2 Å². The first-order valence-corrected chi connectivity index (χ1v) is 10.4. The van der Waals surface area contributed by atoms with Gasteiger partial charge in [-0.3, -0.25) is 14.5 Å². The molecule has 162 valence electrons. The molecule has 0 aliphatic carbocycles. The zero-order valence-electron chi connectivity index (χ0n) is 17.5. The van der Waals surface area contributed by atoms with E-state index in [9.17, 15) is 14.4 Å². The molecule has 8 heteroatoms. The summed E-state index contributed by atoms with van der Waals surface area (Å²) < 4.78 is 5.11. The van der Waals surface area contributed by atoms with E-state index in [0.29, 0.717) is 24.5 Å². The fourth-order valence-corrected chi connectivity index (χ4v) is 3.95. The maximum absolute atomic E-state index is 12.8.